The number of para-hydroxylation sites is 1. The first-order valence-corrected chi connectivity index (χ1v) is 10.3. The van der Waals surface area contributed by atoms with Gasteiger partial charge in [0, 0.05) is 25.4 Å². The summed E-state index contributed by atoms with van der Waals surface area (Å²) in [7, 11) is 0. The molecule has 1 fully saturated rings. The fourth-order valence-electron chi connectivity index (χ4n) is 3.40. The second-order valence-corrected chi connectivity index (χ2v) is 8.61. The highest BCUT2D eigenvalue weighted by Crippen LogP contribution is 2.29. The molecule has 3 atom stereocenters. The van der Waals surface area contributed by atoms with Gasteiger partial charge in [0.05, 0.1) is 28.5 Å². The summed E-state index contributed by atoms with van der Waals surface area (Å²) in [5.74, 6) is 0.602. The lowest BCUT2D eigenvalue weighted by Gasteiger charge is -2.36. The zero-order valence-corrected chi connectivity index (χ0v) is 16.0. The van der Waals surface area contributed by atoms with Crippen molar-refractivity contribution in [3.8, 4) is 0 Å². The lowest BCUT2D eigenvalue weighted by molar-refractivity contribution is -0.0750. The molecule has 1 N–H and O–H groups in total. The third kappa shape index (κ3) is 3.68. The van der Waals surface area contributed by atoms with E-state index < -0.39 is 6.10 Å². The molecule has 3 unspecified atom stereocenters. The molecule has 25 heavy (non-hydrogen) atoms. The Morgan fingerprint density at radius 1 is 1.28 bits per heavy atom. The van der Waals surface area contributed by atoms with Crippen molar-refractivity contribution >= 4 is 38.3 Å². The molecule has 0 amide bonds. The number of aromatic nitrogens is 3. The maximum atomic E-state index is 10.5. The van der Waals surface area contributed by atoms with Crippen LogP contribution in [0.1, 0.15) is 13.8 Å². The third-order valence-electron chi connectivity index (χ3n) is 4.28. The van der Waals surface area contributed by atoms with Crippen LogP contribution in [0.25, 0.3) is 15.2 Å². The molecule has 3 aromatic rings. The van der Waals surface area contributed by atoms with Crippen LogP contribution < -0.4 is 0 Å². The number of hydrogen-bond donors (Lipinski definition) is 1. The summed E-state index contributed by atoms with van der Waals surface area (Å²) in [4.78, 5) is 3.18. The average molecular weight is 379 g/mol. The predicted molar refractivity (Wildman–Crippen MR) is 102 cm³/mol. The maximum Gasteiger partial charge on any atom is 0.217 e. The Kier molecular flexibility index (Phi) is 4.97. The highest BCUT2D eigenvalue weighted by Gasteiger charge is 2.24. The minimum Gasteiger partial charge on any atom is -0.391 e. The Hall–Kier alpha value is -1.19. The first-order chi connectivity index (χ1) is 12.1. The van der Waals surface area contributed by atoms with Crippen LogP contribution in [0.15, 0.2) is 29.4 Å². The summed E-state index contributed by atoms with van der Waals surface area (Å²) in [6.07, 6.45) is 0.0357. The van der Waals surface area contributed by atoms with Crippen molar-refractivity contribution in [1.82, 2.24) is 19.5 Å². The van der Waals surface area contributed by atoms with E-state index in [2.05, 4.69) is 45.5 Å². The van der Waals surface area contributed by atoms with Gasteiger partial charge in [-0.2, -0.15) is 0 Å². The number of thiazole rings is 1. The number of ether oxygens (including phenoxy) is 1. The summed E-state index contributed by atoms with van der Waals surface area (Å²) in [5, 5.41) is 19.9. The average Bonchev–Trinajstić information content (AvgIpc) is 3.11. The van der Waals surface area contributed by atoms with E-state index in [0.717, 1.165) is 28.7 Å². The predicted octanol–water partition coefficient (Wildman–Crippen LogP) is 2.51. The molecule has 6 nitrogen and oxygen atoms in total. The Labute approximate surface area is 154 Å². The maximum absolute atomic E-state index is 10.5. The summed E-state index contributed by atoms with van der Waals surface area (Å²) in [5.41, 5.74) is 1.13. The Balaban J connectivity index is 1.42. The van der Waals surface area contributed by atoms with Gasteiger partial charge in [-0.05, 0) is 26.0 Å². The van der Waals surface area contributed by atoms with Crippen LogP contribution in [-0.4, -0.2) is 68.3 Å². The first kappa shape index (κ1) is 17.2. The van der Waals surface area contributed by atoms with Crippen LogP contribution in [-0.2, 0) is 4.74 Å². The van der Waals surface area contributed by atoms with Crippen molar-refractivity contribution < 1.29 is 9.84 Å². The number of fused-ring (bicyclic) bond motifs is 3. The minimum absolute atomic E-state index is 0.219. The second-order valence-electron chi connectivity index (χ2n) is 6.61. The summed E-state index contributed by atoms with van der Waals surface area (Å²) < 4.78 is 9.03. The number of aliphatic hydroxyl groups excluding tert-OH is 1. The van der Waals surface area contributed by atoms with E-state index in [-0.39, 0.29) is 12.2 Å². The minimum atomic E-state index is -0.403. The van der Waals surface area contributed by atoms with E-state index >= 15 is 0 Å². The molecule has 0 spiro atoms. The molecular weight excluding hydrogens is 356 g/mol. The van der Waals surface area contributed by atoms with Gasteiger partial charge in [0.15, 0.2) is 5.16 Å². The summed E-state index contributed by atoms with van der Waals surface area (Å²) in [6.45, 7) is 6.57. The van der Waals surface area contributed by atoms with Crippen molar-refractivity contribution in [2.45, 2.75) is 37.3 Å². The van der Waals surface area contributed by atoms with Gasteiger partial charge in [-0.25, -0.2) is 0 Å². The SMILES string of the molecule is CC1CN(CC(O)CSc2nnc3sc4ccccc4n23)CC(C)O1. The van der Waals surface area contributed by atoms with Crippen molar-refractivity contribution in [3.63, 3.8) is 0 Å². The lowest BCUT2D eigenvalue weighted by atomic mass is 10.2. The van der Waals surface area contributed by atoms with Gasteiger partial charge in [-0.3, -0.25) is 9.30 Å². The molecule has 0 bridgehead atoms. The summed E-state index contributed by atoms with van der Waals surface area (Å²) >= 11 is 3.20. The quantitative estimate of drug-likeness (QED) is 0.689. The number of rotatable bonds is 5. The van der Waals surface area contributed by atoms with Crippen LogP contribution in [0.3, 0.4) is 0 Å². The Morgan fingerprint density at radius 2 is 2.04 bits per heavy atom. The number of hydrogen-bond acceptors (Lipinski definition) is 7. The van der Waals surface area contributed by atoms with E-state index in [0.29, 0.717) is 12.3 Å². The standard InChI is InChI=1S/C17H22N4O2S2/c1-11-7-20(8-12(2)23-11)9-13(22)10-24-16-18-19-17-21(16)14-5-3-4-6-15(14)25-17/h3-6,11-13,22H,7-10H2,1-2H3. The van der Waals surface area contributed by atoms with Gasteiger partial charge in [-0.15, -0.1) is 10.2 Å². The number of morpholine rings is 1. The molecule has 1 aliphatic heterocycles. The van der Waals surface area contributed by atoms with E-state index in [1.54, 1.807) is 23.1 Å². The molecule has 0 radical (unpaired) electrons. The zero-order chi connectivity index (χ0) is 17.4. The fraction of sp³-hybridized carbons (Fsp3) is 0.529. The number of nitrogens with zero attached hydrogens (tertiary/aromatic N) is 4. The van der Waals surface area contributed by atoms with Crippen molar-refractivity contribution in [3.05, 3.63) is 24.3 Å². The van der Waals surface area contributed by atoms with Gasteiger partial charge in [0.1, 0.15) is 0 Å². The van der Waals surface area contributed by atoms with Crippen molar-refractivity contribution in [1.29, 1.82) is 0 Å². The highest BCUT2D eigenvalue weighted by atomic mass is 32.2. The molecule has 1 aliphatic rings. The van der Waals surface area contributed by atoms with Gasteiger partial charge >= 0.3 is 0 Å². The molecule has 4 rings (SSSR count). The lowest BCUT2D eigenvalue weighted by Crippen LogP contribution is -2.48. The van der Waals surface area contributed by atoms with Crippen LogP contribution >= 0.6 is 23.1 Å². The summed E-state index contributed by atoms with van der Waals surface area (Å²) in [6, 6.07) is 8.24. The van der Waals surface area contributed by atoms with E-state index in [1.807, 2.05) is 12.1 Å². The van der Waals surface area contributed by atoms with Crippen LogP contribution in [0.2, 0.25) is 0 Å². The van der Waals surface area contributed by atoms with Crippen LogP contribution in [0.5, 0.6) is 0 Å². The second kappa shape index (κ2) is 7.20. The molecule has 2 aromatic heterocycles. The molecule has 0 saturated carbocycles. The molecule has 3 heterocycles. The number of β-amino-alcohol motifs (C(OH)–C–C–N with tert-alkyl or cyclic N) is 1. The largest absolute Gasteiger partial charge is 0.391 e. The van der Waals surface area contributed by atoms with Crippen LogP contribution in [0, 0.1) is 0 Å². The van der Waals surface area contributed by atoms with Gasteiger partial charge in [0.2, 0.25) is 4.96 Å². The monoisotopic (exact) mass is 378 g/mol. The molecule has 0 aliphatic carbocycles. The smallest absolute Gasteiger partial charge is 0.217 e. The first-order valence-electron chi connectivity index (χ1n) is 8.51. The van der Waals surface area contributed by atoms with Gasteiger partial charge in [-0.1, -0.05) is 35.2 Å². The normalized spacial score (nSPS) is 23.5. The molecule has 8 heteroatoms. The van der Waals surface area contributed by atoms with Gasteiger partial charge in [0.25, 0.3) is 0 Å². The van der Waals surface area contributed by atoms with Crippen molar-refractivity contribution in [2.75, 3.05) is 25.4 Å². The molecule has 1 saturated heterocycles. The fourth-order valence-corrected chi connectivity index (χ4v) is 5.29. The number of benzene rings is 1. The number of thioether (sulfide) groups is 1. The topological polar surface area (TPSA) is 62.9 Å². The molecule has 134 valence electrons. The van der Waals surface area contributed by atoms with Gasteiger partial charge < -0.3 is 9.84 Å². The highest BCUT2D eigenvalue weighted by molar-refractivity contribution is 7.99. The van der Waals surface area contributed by atoms with Crippen LogP contribution in [0.4, 0.5) is 0 Å². The Morgan fingerprint density at radius 3 is 2.84 bits per heavy atom. The Bertz CT molecular complexity index is 855. The third-order valence-corrected chi connectivity index (χ3v) is 6.37. The molecular formula is C17H22N4O2S2. The number of aliphatic hydroxyl groups is 1. The van der Waals surface area contributed by atoms with E-state index in [4.69, 9.17) is 4.74 Å². The molecule has 1 aromatic carbocycles. The zero-order valence-electron chi connectivity index (χ0n) is 14.3. The van der Waals surface area contributed by atoms with E-state index in [9.17, 15) is 5.11 Å². The van der Waals surface area contributed by atoms with E-state index in [1.165, 1.54) is 4.70 Å². The van der Waals surface area contributed by atoms with Crippen molar-refractivity contribution in [2.24, 2.45) is 0 Å².